The fourth-order valence-electron chi connectivity index (χ4n) is 3.27. The van der Waals surface area contributed by atoms with Crippen molar-refractivity contribution in [2.45, 2.75) is 4.90 Å². The number of pyridine rings is 1. The van der Waals surface area contributed by atoms with Gasteiger partial charge in [-0.1, -0.05) is 0 Å². The van der Waals surface area contributed by atoms with Gasteiger partial charge in [-0.3, -0.25) is 9.78 Å². The number of hydrogen-bond acceptors (Lipinski definition) is 6. The summed E-state index contributed by atoms with van der Waals surface area (Å²) in [7, 11) is -2.03. The van der Waals surface area contributed by atoms with Crippen molar-refractivity contribution < 1.29 is 22.7 Å². The summed E-state index contributed by atoms with van der Waals surface area (Å²) in [5.74, 6) is 0.310. The number of amides is 1. The quantitative estimate of drug-likeness (QED) is 0.672. The number of nitrogens with one attached hydrogen (secondary N) is 1. The van der Waals surface area contributed by atoms with E-state index in [1.54, 1.807) is 31.5 Å². The zero-order valence-electron chi connectivity index (χ0n) is 16.4. The number of fused-ring (bicyclic) bond motifs is 1. The van der Waals surface area contributed by atoms with Gasteiger partial charge in [-0.25, -0.2) is 8.42 Å². The predicted octanol–water partition coefficient (Wildman–Crippen LogP) is 2.52. The molecular weight excluding hydrogens is 406 g/mol. The van der Waals surface area contributed by atoms with Crippen LogP contribution in [0.25, 0.3) is 10.9 Å². The van der Waals surface area contributed by atoms with Crippen molar-refractivity contribution in [3.63, 3.8) is 0 Å². The molecule has 1 aromatic heterocycles. The minimum absolute atomic E-state index is 0.153. The topological polar surface area (TPSA) is 97.8 Å². The number of nitrogens with zero attached hydrogens (tertiary/aromatic N) is 2. The van der Waals surface area contributed by atoms with E-state index in [4.69, 9.17) is 9.47 Å². The van der Waals surface area contributed by atoms with Crippen molar-refractivity contribution in [3.8, 4) is 5.75 Å². The third-order valence-corrected chi connectivity index (χ3v) is 6.83. The first-order chi connectivity index (χ1) is 14.5. The summed E-state index contributed by atoms with van der Waals surface area (Å²) in [6.07, 6.45) is 1.61. The second-order valence-electron chi connectivity index (χ2n) is 6.74. The molecule has 0 spiro atoms. The molecule has 156 valence electrons. The fraction of sp³-hybridized carbons (Fsp3) is 0.238. The van der Waals surface area contributed by atoms with Crippen LogP contribution >= 0.6 is 0 Å². The number of carbonyl (C=O) groups is 1. The van der Waals surface area contributed by atoms with E-state index in [2.05, 4.69) is 10.3 Å². The largest absolute Gasteiger partial charge is 0.497 e. The van der Waals surface area contributed by atoms with Gasteiger partial charge < -0.3 is 14.8 Å². The fourth-order valence-corrected chi connectivity index (χ4v) is 4.68. The summed E-state index contributed by atoms with van der Waals surface area (Å²) in [6.45, 7) is 1.40. The summed E-state index contributed by atoms with van der Waals surface area (Å²) in [6, 6.07) is 13.0. The van der Waals surface area contributed by atoms with Crippen molar-refractivity contribution >= 4 is 32.5 Å². The summed E-state index contributed by atoms with van der Waals surface area (Å²) in [4.78, 5) is 17.2. The van der Waals surface area contributed by atoms with E-state index in [9.17, 15) is 13.2 Å². The van der Waals surface area contributed by atoms with Crippen molar-refractivity contribution in [2.24, 2.45) is 0 Å². The number of carbonyl (C=O) groups excluding carboxylic acids is 1. The molecule has 1 N–H and O–H groups in total. The Balaban J connectivity index is 1.55. The van der Waals surface area contributed by atoms with E-state index in [1.807, 2.05) is 6.07 Å². The van der Waals surface area contributed by atoms with Gasteiger partial charge in [-0.2, -0.15) is 4.31 Å². The summed E-state index contributed by atoms with van der Waals surface area (Å²) in [5, 5.41) is 3.61. The molecule has 0 aliphatic carbocycles. The molecule has 0 bridgehead atoms. The van der Waals surface area contributed by atoms with Crippen molar-refractivity contribution in [1.29, 1.82) is 0 Å². The second-order valence-corrected chi connectivity index (χ2v) is 8.67. The molecule has 1 fully saturated rings. The second kappa shape index (κ2) is 8.39. The number of anilines is 1. The Labute approximate surface area is 174 Å². The van der Waals surface area contributed by atoms with Crippen LogP contribution in [-0.2, 0) is 14.8 Å². The highest BCUT2D eigenvalue weighted by atomic mass is 32.2. The Bertz CT molecular complexity index is 1170. The van der Waals surface area contributed by atoms with Crippen molar-refractivity contribution in [3.05, 3.63) is 60.3 Å². The van der Waals surface area contributed by atoms with Gasteiger partial charge in [-0.05, 0) is 48.5 Å². The maximum Gasteiger partial charge on any atom is 0.255 e. The highest BCUT2D eigenvalue weighted by Crippen LogP contribution is 2.26. The van der Waals surface area contributed by atoms with Gasteiger partial charge in [0.05, 0.1) is 36.4 Å². The van der Waals surface area contributed by atoms with Crippen LogP contribution in [-0.4, -0.2) is 57.0 Å². The number of benzene rings is 2. The number of aromatic nitrogens is 1. The molecule has 1 aliphatic heterocycles. The van der Waals surface area contributed by atoms with Gasteiger partial charge in [0.1, 0.15) is 5.75 Å². The van der Waals surface area contributed by atoms with Crippen LogP contribution in [0.1, 0.15) is 10.4 Å². The van der Waals surface area contributed by atoms with Gasteiger partial charge >= 0.3 is 0 Å². The Morgan fingerprint density at radius 2 is 1.83 bits per heavy atom. The lowest BCUT2D eigenvalue weighted by Gasteiger charge is -2.26. The molecule has 0 saturated carbocycles. The predicted molar refractivity (Wildman–Crippen MR) is 112 cm³/mol. The molecule has 9 heteroatoms. The Morgan fingerprint density at radius 3 is 2.53 bits per heavy atom. The molecule has 1 amide bonds. The molecule has 8 nitrogen and oxygen atoms in total. The van der Waals surface area contributed by atoms with Gasteiger partial charge in [0, 0.05) is 30.2 Å². The van der Waals surface area contributed by atoms with E-state index in [0.717, 1.165) is 10.9 Å². The van der Waals surface area contributed by atoms with Gasteiger partial charge in [0.25, 0.3) is 5.91 Å². The lowest BCUT2D eigenvalue weighted by molar-refractivity contribution is 0.0730. The summed E-state index contributed by atoms with van der Waals surface area (Å²) >= 11 is 0. The van der Waals surface area contributed by atoms with Crippen molar-refractivity contribution in [1.82, 2.24) is 9.29 Å². The zero-order valence-corrected chi connectivity index (χ0v) is 17.2. The molecule has 1 saturated heterocycles. The summed E-state index contributed by atoms with van der Waals surface area (Å²) in [5.41, 5.74) is 1.67. The van der Waals surface area contributed by atoms with Gasteiger partial charge in [0.2, 0.25) is 10.0 Å². The highest BCUT2D eigenvalue weighted by molar-refractivity contribution is 7.89. The highest BCUT2D eigenvalue weighted by Gasteiger charge is 2.26. The van der Waals surface area contributed by atoms with Crippen LogP contribution in [0.5, 0.6) is 5.75 Å². The monoisotopic (exact) mass is 427 g/mol. The molecule has 2 heterocycles. The Hall–Kier alpha value is -3.01. The minimum Gasteiger partial charge on any atom is -0.497 e. The molecule has 0 radical (unpaired) electrons. The maximum absolute atomic E-state index is 12.7. The number of morpholine rings is 1. The average molecular weight is 427 g/mol. The standard InChI is InChI=1S/C21H21N3O5S/c1-28-16-4-7-19-18(14-16)20(8-9-22-19)23-21(25)15-2-5-17(6-3-15)30(26,27)24-10-12-29-13-11-24/h2-9,14H,10-13H2,1H3,(H,22,23,25). The first-order valence-electron chi connectivity index (χ1n) is 9.41. The first kappa shape index (κ1) is 20.3. The minimum atomic E-state index is -3.60. The lowest BCUT2D eigenvalue weighted by atomic mass is 10.1. The number of rotatable bonds is 5. The van der Waals surface area contributed by atoms with Crippen LogP contribution in [0.2, 0.25) is 0 Å². The number of sulfonamides is 1. The van der Waals surface area contributed by atoms with E-state index in [-0.39, 0.29) is 10.8 Å². The third-order valence-electron chi connectivity index (χ3n) is 4.92. The number of ether oxygens (including phenoxy) is 2. The van der Waals surface area contributed by atoms with E-state index in [1.165, 1.54) is 28.6 Å². The average Bonchev–Trinajstić information content (AvgIpc) is 2.79. The van der Waals surface area contributed by atoms with Crippen LogP contribution in [0.3, 0.4) is 0 Å². The molecule has 1 aliphatic rings. The molecule has 0 atom stereocenters. The van der Waals surface area contributed by atoms with Crippen LogP contribution in [0.4, 0.5) is 5.69 Å². The Morgan fingerprint density at radius 1 is 1.10 bits per heavy atom. The van der Waals surface area contributed by atoms with Crippen LogP contribution in [0, 0.1) is 0 Å². The molecule has 30 heavy (non-hydrogen) atoms. The zero-order chi connectivity index (χ0) is 21.1. The first-order valence-corrected chi connectivity index (χ1v) is 10.8. The third kappa shape index (κ3) is 4.00. The molecule has 3 aromatic rings. The lowest BCUT2D eigenvalue weighted by Crippen LogP contribution is -2.40. The van der Waals surface area contributed by atoms with Gasteiger partial charge in [-0.15, -0.1) is 0 Å². The van der Waals surface area contributed by atoms with E-state index >= 15 is 0 Å². The summed E-state index contributed by atoms with van der Waals surface area (Å²) < 4.78 is 37.3. The van der Waals surface area contributed by atoms with E-state index < -0.39 is 10.0 Å². The van der Waals surface area contributed by atoms with Crippen LogP contribution < -0.4 is 10.1 Å². The Kier molecular flexibility index (Phi) is 5.67. The van der Waals surface area contributed by atoms with Crippen LogP contribution in [0.15, 0.2) is 59.6 Å². The maximum atomic E-state index is 12.7. The molecule has 0 unspecified atom stereocenters. The normalized spacial score (nSPS) is 15.1. The van der Waals surface area contributed by atoms with Gasteiger partial charge in [0.15, 0.2) is 0 Å². The van der Waals surface area contributed by atoms with E-state index in [0.29, 0.717) is 43.3 Å². The van der Waals surface area contributed by atoms with Crippen molar-refractivity contribution in [2.75, 3.05) is 38.7 Å². The smallest absolute Gasteiger partial charge is 0.255 e. The molecule has 4 rings (SSSR count). The SMILES string of the molecule is COc1ccc2nccc(NC(=O)c3ccc(S(=O)(=O)N4CCOCC4)cc3)c2c1. The number of hydrogen-bond donors (Lipinski definition) is 1. The number of methoxy groups -OCH3 is 1. The molecule has 2 aromatic carbocycles. The molecular formula is C21H21N3O5S.